The molecule has 1 spiro atoms. The molecule has 6 N–H and O–H groups in total. The molecule has 1 aliphatic heterocycles. The molecule has 0 aromatic rings. The molecule has 5 rings (SSSR count). The Balaban J connectivity index is 1.43. The van der Waals surface area contributed by atoms with Gasteiger partial charge in [-0.1, -0.05) is 20.8 Å². The largest absolute Gasteiger partial charge is 0.394 e. The van der Waals surface area contributed by atoms with E-state index in [1.807, 2.05) is 6.92 Å². The van der Waals surface area contributed by atoms with E-state index in [1.54, 1.807) is 0 Å². The summed E-state index contributed by atoms with van der Waals surface area (Å²) < 4.78 is 12.0. The summed E-state index contributed by atoms with van der Waals surface area (Å²) in [7, 11) is 0. The first-order valence-electron chi connectivity index (χ1n) is 13.1. The minimum atomic E-state index is -1.47. The van der Waals surface area contributed by atoms with Crippen molar-refractivity contribution in [2.24, 2.45) is 34.0 Å². The van der Waals surface area contributed by atoms with Gasteiger partial charge in [0.1, 0.15) is 24.4 Å². The Bertz CT molecular complexity index is 785. The van der Waals surface area contributed by atoms with Crippen LogP contribution in [-0.2, 0) is 9.47 Å². The smallest absolute Gasteiger partial charge is 0.186 e. The van der Waals surface area contributed by atoms with Gasteiger partial charge < -0.3 is 40.1 Å². The minimum Gasteiger partial charge on any atom is -0.394 e. The highest BCUT2D eigenvalue weighted by Gasteiger charge is 2.69. The van der Waals surface area contributed by atoms with Crippen molar-refractivity contribution >= 4 is 0 Å². The fourth-order valence-electron chi connectivity index (χ4n) is 9.93. The van der Waals surface area contributed by atoms with Crippen molar-refractivity contribution in [3.05, 3.63) is 0 Å². The molecule has 196 valence electrons. The standard InChI is InChI=1S/C26H44O8/c1-23(2)8-14(33-22-20(31)19(30)18(29)16(11-27)34-22)9-24(3)17-6-5-13-7-26(17,12-25(13,4)32)10-15(28)21(23)24/h13-22,27-32H,5-12H2,1-4H3/t13-,14-,15-,16-,17+,18-,19-,20-,21-,22-,24+,25-,26-/m1/s1. The molecule has 0 aromatic heterocycles. The zero-order chi connectivity index (χ0) is 24.8. The summed E-state index contributed by atoms with van der Waals surface area (Å²) in [4.78, 5) is 0. The number of aliphatic hydroxyl groups excluding tert-OH is 5. The van der Waals surface area contributed by atoms with E-state index in [-0.39, 0.29) is 34.2 Å². The van der Waals surface area contributed by atoms with Gasteiger partial charge in [-0.2, -0.15) is 0 Å². The molecular formula is C26H44O8. The van der Waals surface area contributed by atoms with Crippen LogP contribution in [0.25, 0.3) is 0 Å². The van der Waals surface area contributed by atoms with E-state index >= 15 is 0 Å². The molecule has 4 aliphatic carbocycles. The molecule has 5 fully saturated rings. The summed E-state index contributed by atoms with van der Waals surface area (Å²) in [5, 5.41) is 63.1. The molecule has 1 saturated heterocycles. The molecule has 13 atom stereocenters. The SMILES string of the molecule is CC1(C)C[C@@H](O[C@@H]2O[C@H](CO)[C@@H](O)[C@@H](O)[C@H]2O)C[C@]2(C)[C@@H]1[C@H](O)C[C@@]13C[C@@H](CC[C@H]12)[C@](C)(O)C3. The second-order valence-corrected chi connectivity index (χ2v) is 13.5. The van der Waals surface area contributed by atoms with Crippen LogP contribution in [0.4, 0.5) is 0 Å². The Morgan fingerprint density at radius 2 is 1.59 bits per heavy atom. The highest BCUT2D eigenvalue weighted by atomic mass is 16.7. The summed E-state index contributed by atoms with van der Waals surface area (Å²) >= 11 is 0. The molecule has 5 aliphatic rings. The lowest BCUT2D eigenvalue weighted by atomic mass is 9.40. The molecule has 2 bridgehead atoms. The lowest BCUT2D eigenvalue weighted by Crippen LogP contribution is -2.64. The van der Waals surface area contributed by atoms with E-state index in [1.165, 1.54) is 0 Å². The van der Waals surface area contributed by atoms with Crippen molar-refractivity contribution < 1.29 is 40.1 Å². The summed E-state index contributed by atoms with van der Waals surface area (Å²) in [6, 6.07) is 0. The second kappa shape index (κ2) is 8.09. The molecule has 4 saturated carbocycles. The van der Waals surface area contributed by atoms with Gasteiger partial charge in [0, 0.05) is 0 Å². The first-order chi connectivity index (χ1) is 15.7. The van der Waals surface area contributed by atoms with E-state index in [0.717, 1.165) is 32.1 Å². The van der Waals surface area contributed by atoms with Gasteiger partial charge in [-0.15, -0.1) is 0 Å². The Hall–Kier alpha value is -0.320. The topological polar surface area (TPSA) is 140 Å². The fourth-order valence-corrected chi connectivity index (χ4v) is 9.93. The third-order valence-electron chi connectivity index (χ3n) is 10.7. The lowest BCUT2D eigenvalue weighted by molar-refractivity contribution is -0.324. The van der Waals surface area contributed by atoms with Gasteiger partial charge in [-0.3, -0.25) is 0 Å². The summed E-state index contributed by atoms with van der Waals surface area (Å²) in [6.45, 7) is 8.11. The number of rotatable bonds is 3. The van der Waals surface area contributed by atoms with Crippen molar-refractivity contribution in [1.29, 1.82) is 0 Å². The van der Waals surface area contributed by atoms with Crippen molar-refractivity contribution in [2.45, 2.75) is 121 Å². The predicted octanol–water partition coefficient (Wildman–Crippen LogP) is 0.936. The van der Waals surface area contributed by atoms with Crippen LogP contribution in [0.15, 0.2) is 0 Å². The molecule has 0 aromatic carbocycles. The third kappa shape index (κ3) is 3.63. The normalized spacial score (nSPS) is 58.8. The zero-order valence-corrected chi connectivity index (χ0v) is 20.9. The van der Waals surface area contributed by atoms with Crippen LogP contribution in [0.5, 0.6) is 0 Å². The average Bonchev–Trinajstić information content (AvgIpc) is 2.90. The quantitative estimate of drug-likeness (QED) is 0.325. The zero-order valence-electron chi connectivity index (χ0n) is 20.9. The van der Waals surface area contributed by atoms with Crippen LogP contribution in [0.3, 0.4) is 0 Å². The fraction of sp³-hybridized carbons (Fsp3) is 1.00. The maximum atomic E-state index is 11.5. The van der Waals surface area contributed by atoms with Crippen LogP contribution in [0.1, 0.15) is 72.6 Å². The summed E-state index contributed by atoms with van der Waals surface area (Å²) in [5.41, 5.74) is -1.21. The number of fused-ring (bicyclic) bond motifs is 3. The van der Waals surface area contributed by atoms with Crippen LogP contribution in [0.2, 0.25) is 0 Å². The van der Waals surface area contributed by atoms with Gasteiger partial charge in [0.15, 0.2) is 6.29 Å². The van der Waals surface area contributed by atoms with Crippen molar-refractivity contribution in [3.63, 3.8) is 0 Å². The van der Waals surface area contributed by atoms with Crippen molar-refractivity contribution in [1.82, 2.24) is 0 Å². The maximum Gasteiger partial charge on any atom is 0.186 e. The van der Waals surface area contributed by atoms with E-state index in [4.69, 9.17) is 9.47 Å². The van der Waals surface area contributed by atoms with Gasteiger partial charge in [0.05, 0.1) is 24.4 Å². The molecule has 1 heterocycles. The monoisotopic (exact) mass is 484 g/mol. The van der Waals surface area contributed by atoms with E-state index in [2.05, 4.69) is 20.8 Å². The molecule has 0 amide bonds. The average molecular weight is 485 g/mol. The number of ether oxygens (including phenoxy) is 2. The predicted molar refractivity (Wildman–Crippen MR) is 122 cm³/mol. The third-order valence-corrected chi connectivity index (χ3v) is 10.7. The highest BCUT2D eigenvalue weighted by molar-refractivity contribution is 5.18. The van der Waals surface area contributed by atoms with Gasteiger partial charge in [-0.25, -0.2) is 0 Å². The van der Waals surface area contributed by atoms with Gasteiger partial charge in [0.25, 0.3) is 0 Å². The Labute approximate surface area is 202 Å². The maximum absolute atomic E-state index is 11.5. The lowest BCUT2D eigenvalue weighted by Gasteiger charge is -2.66. The summed E-state index contributed by atoms with van der Waals surface area (Å²) in [6.07, 6.45) is -1.36. The van der Waals surface area contributed by atoms with Crippen molar-refractivity contribution in [2.75, 3.05) is 6.61 Å². The van der Waals surface area contributed by atoms with Crippen LogP contribution in [-0.4, -0.2) is 85.8 Å². The number of hydrogen-bond acceptors (Lipinski definition) is 8. The molecule has 34 heavy (non-hydrogen) atoms. The Morgan fingerprint density at radius 3 is 2.26 bits per heavy atom. The minimum absolute atomic E-state index is 0.0712. The second-order valence-electron chi connectivity index (χ2n) is 13.5. The van der Waals surface area contributed by atoms with Crippen LogP contribution < -0.4 is 0 Å². The van der Waals surface area contributed by atoms with Crippen molar-refractivity contribution in [3.8, 4) is 0 Å². The van der Waals surface area contributed by atoms with Gasteiger partial charge >= 0.3 is 0 Å². The highest BCUT2D eigenvalue weighted by Crippen LogP contribution is 2.73. The first-order valence-corrected chi connectivity index (χ1v) is 13.1. The van der Waals surface area contributed by atoms with Gasteiger partial charge in [-0.05, 0) is 85.9 Å². The van der Waals surface area contributed by atoms with E-state index in [0.29, 0.717) is 18.8 Å². The Kier molecular flexibility index (Phi) is 6.03. The summed E-state index contributed by atoms with van der Waals surface area (Å²) in [5.74, 6) is 0.736. The number of hydrogen-bond donors (Lipinski definition) is 6. The number of aliphatic hydroxyl groups is 6. The van der Waals surface area contributed by atoms with E-state index < -0.39 is 49.0 Å². The Morgan fingerprint density at radius 1 is 0.882 bits per heavy atom. The first kappa shape index (κ1) is 25.3. The van der Waals surface area contributed by atoms with Crippen LogP contribution >= 0.6 is 0 Å². The molecular weight excluding hydrogens is 440 g/mol. The molecule has 8 nitrogen and oxygen atoms in total. The molecule has 0 radical (unpaired) electrons. The molecule has 8 heteroatoms. The molecule has 0 unspecified atom stereocenters. The van der Waals surface area contributed by atoms with E-state index in [9.17, 15) is 30.6 Å². The van der Waals surface area contributed by atoms with Gasteiger partial charge in [0.2, 0.25) is 0 Å². The van der Waals surface area contributed by atoms with Crippen LogP contribution in [0, 0.1) is 34.0 Å².